The molecule has 33 heavy (non-hydrogen) atoms. The predicted molar refractivity (Wildman–Crippen MR) is 119 cm³/mol. The second-order valence-electron chi connectivity index (χ2n) is 8.42. The van der Waals surface area contributed by atoms with Crippen LogP contribution < -0.4 is 14.8 Å². The highest BCUT2D eigenvalue weighted by Crippen LogP contribution is 2.35. The van der Waals surface area contributed by atoms with Gasteiger partial charge in [-0.05, 0) is 32.4 Å². The molecule has 176 valence electrons. The molecule has 3 rings (SSSR count). The summed E-state index contributed by atoms with van der Waals surface area (Å²) >= 11 is 0. The molecule has 2 amide bonds. The van der Waals surface area contributed by atoms with Crippen molar-refractivity contribution in [1.82, 2.24) is 9.88 Å². The molecule has 1 N–H and O–H groups in total. The lowest BCUT2D eigenvalue weighted by molar-refractivity contribution is -0.385. The van der Waals surface area contributed by atoms with Gasteiger partial charge in [-0.15, -0.1) is 0 Å². The summed E-state index contributed by atoms with van der Waals surface area (Å²) in [5.74, 6) is -0.382. The number of methoxy groups -OCH3 is 2. The zero-order valence-corrected chi connectivity index (χ0v) is 19.1. The smallest absolute Gasteiger partial charge is 0.410 e. The van der Waals surface area contributed by atoms with E-state index in [1.807, 2.05) is 0 Å². The molecule has 0 radical (unpaired) electrons. The van der Waals surface area contributed by atoms with E-state index in [9.17, 15) is 19.7 Å². The van der Waals surface area contributed by atoms with Crippen molar-refractivity contribution in [2.45, 2.75) is 39.3 Å². The van der Waals surface area contributed by atoms with Crippen molar-refractivity contribution >= 4 is 23.4 Å². The molecule has 2 heterocycles. The number of nitro benzene ring substituents is 1. The van der Waals surface area contributed by atoms with Gasteiger partial charge in [0.25, 0.3) is 11.6 Å². The lowest BCUT2D eigenvalue weighted by Crippen LogP contribution is -2.40. The fourth-order valence-electron chi connectivity index (χ4n) is 3.38. The number of fused-ring (bicyclic) bond motifs is 1. The van der Waals surface area contributed by atoms with Gasteiger partial charge < -0.3 is 24.4 Å². The van der Waals surface area contributed by atoms with Gasteiger partial charge in [0.15, 0.2) is 11.5 Å². The third kappa shape index (κ3) is 5.48. The number of hydrogen-bond acceptors (Lipinski definition) is 8. The van der Waals surface area contributed by atoms with Crippen molar-refractivity contribution in [2.75, 3.05) is 26.1 Å². The summed E-state index contributed by atoms with van der Waals surface area (Å²) in [6.45, 7) is 6.14. The van der Waals surface area contributed by atoms with Crippen LogP contribution in [-0.4, -0.2) is 53.2 Å². The fourth-order valence-corrected chi connectivity index (χ4v) is 3.38. The molecule has 1 aromatic heterocycles. The first-order chi connectivity index (χ1) is 15.5. The van der Waals surface area contributed by atoms with Crippen molar-refractivity contribution < 1.29 is 28.7 Å². The maximum atomic E-state index is 12.9. The lowest BCUT2D eigenvalue weighted by Gasteiger charge is -2.31. The largest absolute Gasteiger partial charge is 0.493 e. The summed E-state index contributed by atoms with van der Waals surface area (Å²) in [4.78, 5) is 42.1. The van der Waals surface area contributed by atoms with Crippen LogP contribution in [0.2, 0.25) is 0 Å². The zero-order chi connectivity index (χ0) is 24.3. The van der Waals surface area contributed by atoms with Gasteiger partial charge in [0.2, 0.25) is 0 Å². The average Bonchev–Trinajstić information content (AvgIpc) is 2.76. The molecule has 2 aromatic rings. The summed E-state index contributed by atoms with van der Waals surface area (Å²) in [6, 6.07) is 4.09. The van der Waals surface area contributed by atoms with E-state index in [-0.39, 0.29) is 23.6 Å². The molecule has 0 unspecified atom stereocenters. The Morgan fingerprint density at radius 2 is 1.82 bits per heavy atom. The van der Waals surface area contributed by atoms with Crippen molar-refractivity contribution in [2.24, 2.45) is 0 Å². The maximum Gasteiger partial charge on any atom is 0.410 e. The number of aromatic nitrogens is 1. The summed E-state index contributed by atoms with van der Waals surface area (Å²) < 4.78 is 15.7. The van der Waals surface area contributed by atoms with Crippen LogP contribution >= 0.6 is 0 Å². The van der Waals surface area contributed by atoms with Crippen LogP contribution in [0.1, 0.15) is 42.4 Å². The Labute approximate surface area is 190 Å². The molecule has 0 bridgehead atoms. The molecular formula is C22H26N4O7. The summed E-state index contributed by atoms with van der Waals surface area (Å²) in [7, 11) is 2.72. The van der Waals surface area contributed by atoms with Crippen LogP contribution in [0, 0.1) is 10.1 Å². The van der Waals surface area contributed by atoms with E-state index in [1.54, 1.807) is 31.7 Å². The Bertz CT molecular complexity index is 1090. The number of rotatable bonds is 5. The standard InChI is InChI=1S/C22H26N4O7/c1-22(2,3)33-21(28)25-7-6-16-13(12-25)8-14(11-23-16)24-20(27)15-9-18(31-4)19(32-5)10-17(15)26(29)30/h8-11H,6-7,12H2,1-5H3,(H,24,27). The highest BCUT2D eigenvalue weighted by molar-refractivity contribution is 6.07. The Morgan fingerprint density at radius 1 is 1.15 bits per heavy atom. The third-order valence-corrected chi connectivity index (χ3v) is 4.89. The number of carbonyl (C=O) groups is 2. The van der Waals surface area contributed by atoms with Crippen molar-refractivity contribution in [3.05, 3.63) is 51.3 Å². The van der Waals surface area contributed by atoms with Crippen molar-refractivity contribution in [1.29, 1.82) is 0 Å². The molecule has 11 nitrogen and oxygen atoms in total. The summed E-state index contributed by atoms with van der Waals surface area (Å²) in [6.07, 6.45) is 1.60. The van der Waals surface area contributed by atoms with Crippen LogP contribution in [0.4, 0.5) is 16.2 Å². The summed E-state index contributed by atoms with van der Waals surface area (Å²) in [5, 5.41) is 14.1. The number of benzene rings is 1. The number of nitrogens with zero attached hydrogens (tertiary/aromatic N) is 3. The molecule has 1 aliphatic rings. The molecule has 1 aliphatic heterocycles. The molecule has 0 saturated carbocycles. The second-order valence-corrected chi connectivity index (χ2v) is 8.42. The van der Waals surface area contributed by atoms with Gasteiger partial charge in [0.1, 0.15) is 11.2 Å². The van der Waals surface area contributed by atoms with E-state index in [4.69, 9.17) is 14.2 Å². The predicted octanol–water partition coefficient (Wildman–Crippen LogP) is 3.55. The molecule has 0 spiro atoms. The SMILES string of the molecule is COc1cc(C(=O)Nc2cnc3c(c2)CN(C(=O)OC(C)(C)C)CC3)c([N+](=O)[O-])cc1OC. The molecular weight excluding hydrogens is 432 g/mol. The van der Waals surface area contributed by atoms with E-state index in [0.717, 1.165) is 17.3 Å². The lowest BCUT2D eigenvalue weighted by atomic mass is 10.1. The zero-order valence-electron chi connectivity index (χ0n) is 19.1. The maximum absolute atomic E-state index is 12.9. The highest BCUT2D eigenvalue weighted by atomic mass is 16.6. The Hall–Kier alpha value is -3.89. The number of amides is 2. The van der Waals surface area contributed by atoms with Gasteiger partial charge in [0, 0.05) is 24.7 Å². The van der Waals surface area contributed by atoms with Crippen LogP contribution in [-0.2, 0) is 17.7 Å². The highest BCUT2D eigenvalue weighted by Gasteiger charge is 2.28. The topological polar surface area (TPSA) is 133 Å². The Morgan fingerprint density at radius 3 is 2.42 bits per heavy atom. The van der Waals surface area contributed by atoms with E-state index in [2.05, 4.69) is 10.3 Å². The first kappa shape index (κ1) is 23.8. The number of carbonyl (C=O) groups excluding carboxylic acids is 2. The first-order valence-electron chi connectivity index (χ1n) is 10.2. The molecule has 0 fully saturated rings. The van der Waals surface area contributed by atoms with Crippen LogP contribution in [0.5, 0.6) is 11.5 Å². The number of anilines is 1. The molecule has 11 heteroatoms. The Balaban J connectivity index is 1.83. The number of pyridine rings is 1. The van der Waals surface area contributed by atoms with Gasteiger partial charge in [-0.1, -0.05) is 0 Å². The van der Waals surface area contributed by atoms with Crippen molar-refractivity contribution in [3.8, 4) is 11.5 Å². The number of hydrogen-bond donors (Lipinski definition) is 1. The van der Waals surface area contributed by atoms with E-state index >= 15 is 0 Å². The normalized spacial score (nSPS) is 13.1. The van der Waals surface area contributed by atoms with Crippen LogP contribution in [0.15, 0.2) is 24.4 Å². The van der Waals surface area contributed by atoms with Gasteiger partial charge in [-0.3, -0.25) is 19.9 Å². The summed E-state index contributed by atoms with van der Waals surface area (Å²) in [5.41, 5.74) is 0.683. The quantitative estimate of drug-likeness (QED) is 0.531. The molecule has 0 atom stereocenters. The monoisotopic (exact) mass is 458 g/mol. The number of nitrogens with one attached hydrogen (secondary N) is 1. The first-order valence-corrected chi connectivity index (χ1v) is 10.2. The number of nitro groups is 1. The third-order valence-electron chi connectivity index (χ3n) is 4.89. The molecule has 1 aromatic carbocycles. The minimum Gasteiger partial charge on any atom is -0.493 e. The fraction of sp³-hybridized carbons (Fsp3) is 0.409. The second kappa shape index (κ2) is 9.31. The van der Waals surface area contributed by atoms with Gasteiger partial charge in [0.05, 0.1) is 43.6 Å². The van der Waals surface area contributed by atoms with Gasteiger partial charge in [-0.25, -0.2) is 4.79 Å². The van der Waals surface area contributed by atoms with Crippen LogP contribution in [0.25, 0.3) is 0 Å². The van der Waals surface area contributed by atoms with Gasteiger partial charge in [-0.2, -0.15) is 0 Å². The average molecular weight is 458 g/mol. The van der Waals surface area contributed by atoms with E-state index < -0.39 is 28.2 Å². The van der Waals surface area contributed by atoms with E-state index in [1.165, 1.54) is 26.5 Å². The molecule has 0 aliphatic carbocycles. The minimum atomic E-state index is -0.704. The van der Waals surface area contributed by atoms with Crippen LogP contribution in [0.3, 0.4) is 0 Å². The van der Waals surface area contributed by atoms with Gasteiger partial charge >= 0.3 is 6.09 Å². The van der Waals surface area contributed by atoms with Crippen molar-refractivity contribution in [3.63, 3.8) is 0 Å². The Kier molecular flexibility index (Phi) is 6.70. The van der Waals surface area contributed by atoms with E-state index in [0.29, 0.717) is 18.7 Å². The minimum absolute atomic E-state index is 0.137. The number of ether oxygens (including phenoxy) is 3. The molecule has 0 saturated heterocycles.